The minimum Gasteiger partial charge on any atom is -0.302 e. The average molecular weight is 322 g/mol. The molecule has 0 spiro atoms. The summed E-state index contributed by atoms with van der Waals surface area (Å²) in [7, 11) is 0. The van der Waals surface area contributed by atoms with Gasteiger partial charge >= 0.3 is 0 Å². The monoisotopic (exact) mass is 322 g/mol. The third-order valence-corrected chi connectivity index (χ3v) is 4.70. The molecule has 1 aromatic carbocycles. The van der Waals surface area contributed by atoms with Crippen LogP contribution < -0.4 is 0 Å². The van der Waals surface area contributed by atoms with Crippen molar-refractivity contribution < 1.29 is 4.79 Å². The van der Waals surface area contributed by atoms with Crippen LogP contribution >= 0.6 is 0 Å². The van der Waals surface area contributed by atoms with Gasteiger partial charge < -0.3 is 4.57 Å². The summed E-state index contributed by atoms with van der Waals surface area (Å²) < 4.78 is 1.63. The highest BCUT2D eigenvalue weighted by atomic mass is 16.1. The molecular formula is C17H18N6O. The molecule has 1 aliphatic rings. The summed E-state index contributed by atoms with van der Waals surface area (Å²) >= 11 is 0. The predicted octanol–water partition coefficient (Wildman–Crippen LogP) is 2.53. The van der Waals surface area contributed by atoms with Gasteiger partial charge in [0.05, 0.1) is 0 Å². The van der Waals surface area contributed by atoms with E-state index in [0.29, 0.717) is 17.3 Å². The summed E-state index contributed by atoms with van der Waals surface area (Å²) in [6, 6.07) is 7.33. The van der Waals surface area contributed by atoms with Gasteiger partial charge in [0.2, 0.25) is 0 Å². The molecule has 24 heavy (non-hydrogen) atoms. The smallest absolute Gasteiger partial charge is 0.193 e. The van der Waals surface area contributed by atoms with Gasteiger partial charge in [-0.15, -0.1) is 10.2 Å². The van der Waals surface area contributed by atoms with Crippen LogP contribution in [-0.4, -0.2) is 35.7 Å². The number of carbonyl (C=O) groups excluding carboxylic acids is 1. The summed E-state index contributed by atoms with van der Waals surface area (Å²) in [6.07, 6.45) is 9.50. The van der Waals surface area contributed by atoms with E-state index >= 15 is 0 Å². The zero-order chi connectivity index (χ0) is 16.4. The van der Waals surface area contributed by atoms with Gasteiger partial charge in [-0.2, -0.15) is 5.10 Å². The van der Waals surface area contributed by atoms with Crippen molar-refractivity contribution in [1.82, 2.24) is 29.9 Å². The van der Waals surface area contributed by atoms with Crippen molar-refractivity contribution in [2.24, 2.45) is 0 Å². The third-order valence-electron chi connectivity index (χ3n) is 4.70. The van der Waals surface area contributed by atoms with Gasteiger partial charge in [-0.1, -0.05) is 37.1 Å². The highest BCUT2D eigenvalue weighted by Gasteiger charge is 2.27. The van der Waals surface area contributed by atoms with Crippen LogP contribution in [0.1, 0.15) is 59.4 Å². The molecular weight excluding hydrogens is 304 g/mol. The molecule has 0 radical (unpaired) electrons. The number of hydrogen-bond acceptors (Lipinski definition) is 5. The number of ketones is 1. The fourth-order valence-corrected chi connectivity index (χ4v) is 3.43. The molecule has 0 saturated heterocycles. The van der Waals surface area contributed by atoms with Crippen LogP contribution in [0.3, 0.4) is 0 Å². The molecule has 2 aromatic heterocycles. The highest BCUT2D eigenvalue weighted by Crippen LogP contribution is 2.34. The van der Waals surface area contributed by atoms with E-state index in [9.17, 15) is 4.79 Å². The molecule has 2 heterocycles. The molecule has 1 atom stereocenters. The molecule has 1 unspecified atom stereocenters. The number of nitrogens with zero attached hydrogens (tertiary/aromatic N) is 5. The number of aromatic nitrogens is 6. The molecule has 0 bridgehead atoms. The van der Waals surface area contributed by atoms with E-state index in [0.717, 1.165) is 0 Å². The molecule has 0 amide bonds. The van der Waals surface area contributed by atoms with Crippen molar-refractivity contribution in [3.05, 3.63) is 60.2 Å². The van der Waals surface area contributed by atoms with E-state index in [1.54, 1.807) is 4.57 Å². The topological polar surface area (TPSA) is 89.4 Å². The van der Waals surface area contributed by atoms with Crippen LogP contribution in [0.15, 0.2) is 43.2 Å². The molecule has 1 aliphatic carbocycles. The number of hydrogen-bond donors (Lipinski definition) is 1. The first-order valence-corrected chi connectivity index (χ1v) is 8.16. The number of rotatable bonds is 5. The fourth-order valence-electron chi connectivity index (χ4n) is 3.43. The van der Waals surface area contributed by atoms with Crippen LogP contribution in [0.2, 0.25) is 0 Å². The van der Waals surface area contributed by atoms with E-state index in [4.69, 9.17) is 0 Å². The Hall–Kier alpha value is -2.83. The predicted molar refractivity (Wildman–Crippen MR) is 86.5 cm³/mol. The van der Waals surface area contributed by atoms with Gasteiger partial charge in [0.15, 0.2) is 17.6 Å². The van der Waals surface area contributed by atoms with E-state index < -0.39 is 6.04 Å². The summed E-state index contributed by atoms with van der Waals surface area (Å²) in [5.41, 5.74) is 1.97. The maximum Gasteiger partial charge on any atom is 0.193 e. The van der Waals surface area contributed by atoms with Crippen molar-refractivity contribution in [1.29, 1.82) is 0 Å². The first-order chi connectivity index (χ1) is 11.8. The quantitative estimate of drug-likeness (QED) is 0.729. The number of nitrogens with one attached hydrogen (secondary N) is 1. The number of benzene rings is 1. The van der Waals surface area contributed by atoms with Crippen molar-refractivity contribution in [2.45, 2.75) is 37.6 Å². The first kappa shape index (κ1) is 14.7. The fraction of sp³-hybridized carbons (Fsp3) is 0.353. The normalized spacial score (nSPS) is 16.3. The number of aromatic amines is 1. The maximum absolute atomic E-state index is 13.0. The second kappa shape index (κ2) is 6.35. The Balaban J connectivity index is 1.63. The lowest BCUT2D eigenvalue weighted by molar-refractivity contribution is 0.0941. The Morgan fingerprint density at radius 3 is 2.46 bits per heavy atom. The number of carbonyl (C=O) groups is 1. The van der Waals surface area contributed by atoms with Crippen LogP contribution in [0.5, 0.6) is 0 Å². The van der Waals surface area contributed by atoms with Crippen LogP contribution in [0.4, 0.5) is 0 Å². The lowest BCUT2D eigenvalue weighted by Gasteiger charge is -2.15. The Bertz CT molecular complexity index is 754. The lowest BCUT2D eigenvalue weighted by atomic mass is 9.95. The molecule has 1 saturated carbocycles. The molecule has 1 fully saturated rings. The SMILES string of the molecule is O=C(c1ccc(C2CCCC2)cc1)C(c1ncn[nH]1)n1cnnc1. The Morgan fingerprint density at radius 2 is 1.83 bits per heavy atom. The van der Waals surface area contributed by atoms with Crippen molar-refractivity contribution in [3.8, 4) is 0 Å². The zero-order valence-electron chi connectivity index (χ0n) is 13.2. The number of Topliss-reactive ketones (excluding diaryl/α,β-unsaturated/α-hetero) is 1. The van der Waals surface area contributed by atoms with Crippen LogP contribution in [0, 0.1) is 0 Å². The second-order valence-electron chi connectivity index (χ2n) is 6.15. The molecule has 4 rings (SSSR count). The highest BCUT2D eigenvalue weighted by molar-refractivity contribution is 6.00. The van der Waals surface area contributed by atoms with Crippen molar-refractivity contribution in [3.63, 3.8) is 0 Å². The standard InChI is InChI=1S/C17H18N6O/c24-16(14-7-5-13(6-8-14)12-3-1-2-4-12)15(17-18-9-19-22-17)23-10-20-21-11-23/h5-12,15H,1-4H2,(H,18,19,22). The Morgan fingerprint density at radius 1 is 1.12 bits per heavy atom. The van der Waals surface area contributed by atoms with Gasteiger partial charge in [0, 0.05) is 5.56 Å². The van der Waals surface area contributed by atoms with Gasteiger partial charge in [0.1, 0.15) is 19.0 Å². The largest absolute Gasteiger partial charge is 0.302 e. The van der Waals surface area contributed by atoms with Crippen LogP contribution in [0.25, 0.3) is 0 Å². The Kier molecular flexibility index (Phi) is 3.90. The van der Waals surface area contributed by atoms with Gasteiger partial charge in [-0.05, 0) is 24.3 Å². The molecule has 7 heteroatoms. The summed E-state index contributed by atoms with van der Waals surface area (Å²) in [5.74, 6) is 1.04. The van der Waals surface area contributed by atoms with E-state index in [1.807, 2.05) is 12.1 Å². The Labute approximate surface area is 139 Å². The minimum absolute atomic E-state index is 0.0653. The van der Waals surface area contributed by atoms with Crippen molar-refractivity contribution in [2.75, 3.05) is 0 Å². The third kappa shape index (κ3) is 2.73. The molecule has 1 N–H and O–H groups in total. The lowest BCUT2D eigenvalue weighted by Crippen LogP contribution is -2.21. The minimum atomic E-state index is -0.639. The summed E-state index contributed by atoms with van der Waals surface area (Å²) in [6.45, 7) is 0. The summed E-state index contributed by atoms with van der Waals surface area (Å²) in [4.78, 5) is 17.1. The molecule has 0 aliphatic heterocycles. The maximum atomic E-state index is 13.0. The molecule has 3 aromatic rings. The average Bonchev–Trinajstić information content (AvgIpc) is 3.38. The van der Waals surface area contributed by atoms with Gasteiger partial charge in [0.25, 0.3) is 0 Å². The van der Waals surface area contributed by atoms with Gasteiger partial charge in [-0.3, -0.25) is 9.89 Å². The van der Waals surface area contributed by atoms with Crippen LogP contribution in [-0.2, 0) is 0 Å². The van der Waals surface area contributed by atoms with Gasteiger partial charge in [-0.25, -0.2) is 4.98 Å². The van der Waals surface area contributed by atoms with Crippen molar-refractivity contribution >= 4 is 5.78 Å². The van der Waals surface area contributed by atoms with E-state index in [-0.39, 0.29) is 5.78 Å². The van der Waals surface area contributed by atoms with E-state index in [1.165, 1.54) is 50.2 Å². The molecule has 7 nitrogen and oxygen atoms in total. The summed E-state index contributed by atoms with van der Waals surface area (Å²) in [5, 5.41) is 14.2. The number of H-pyrrole nitrogens is 1. The van der Waals surface area contributed by atoms with E-state index in [2.05, 4.69) is 37.5 Å². The second-order valence-corrected chi connectivity index (χ2v) is 6.15. The zero-order valence-corrected chi connectivity index (χ0v) is 13.2. The molecule has 122 valence electrons. The first-order valence-electron chi connectivity index (χ1n) is 8.16.